The minimum absolute atomic E-state index is 0.103. The molecule has 0 atom stereocenters. The van der Waals surface area contributed by atoms with Crippen molar-refractivity contribution in [2.45, 2.75) is 26.2 Å². The lowest BCUT2D eigenvalue weighted by Gasteiger charge is -2.18. The molecule has 0 aliphatic carbocycles. The average Bonchev–Trinajstić information content (AvgIpc) is 2.89. The smallest absolute Gasteiger partial charge is 0.232 e. The van der Waals surface area contributed by atoms with Gasteiger partial charge >= 0.3 is 0 Å². The summed E-state index contributed by atoms with van der Waals surface area (Å²) in [7, 11) is 3.99. The lowest BCUT2D eigenvalue weighted by atomic mass is 9.87. The zero-order valence-corrected chi connectivity index (χ0v) is 14.5. The molecule has 0 fully saturated rings. The van der Waals surface area contributed by atoms with Crippen LogP contribution < -0.4 is 5.32 Å². The molecule has 23 heavy (non-hydrogen) atoms. The van der Waals surface area contributed by atoms with Gasteiger partial charge in [0.15, 0.2) is 0 Å². The van der Waals surface area contributed by atoms with Crippen LogP contribution >= 0.6 is 0 Å². The van der Waals surface area contributed by atoms with Crippen molar-refractivity contribution in [3.05, 3.63) is 35.5 Å². The van der Waals surface area contributed by atoms with Crippen molar-refractivity contribution in [2.24, 2.45) is 0 Å². The highest BCUT2D eigenvalue weighted by Gasteiger charge is 2.16. The monoisotopic (exact) mass is 312 g/mol. The van der Waals surface area contributed by atoms with Crippen LogP contribution in [0.15, 0.2) is 28.7 Å². The normalized spacial score (nSPS) is 11.5. The molecule has 1 heterocycles. The first kappa shape index (κ1) is 17.0. The molecule has 0 bridgehead atoms. The fourth-order valence-electron chi connectivity index (χ4n) is 2.15. The molecule has 2 rings (SSSR count). The Morgan fingerprint density at radius 1 is 1.22 bits per heavy atom. The van der Waals surface area contributed by atoms with E-state index in [4.69, 9.17) is 4.42 Å². The van der Waals surface area contributed by atoms with Gasteiger partial charge in [-0.25, -0.2) is 0 Å². The Morgan fingerprint density at radius 2 is 1.87 bits per heavy atom. The summed E-state index contributed by atoms with van der Waals surface area (Å²) in [6, 6.07) is 10.2. The molecule has 1 N–H and O–H groups in total. The number of rotatable bonds is 5. The predicted molar refractivity (Wildman–Crippen MR) is 92.4 cm³/mol. The van der Waals surface area contributed by atoms with Crippen LogP contribution in [0.25, 0.3) is 11.5 Å². The number of nitrogens with zero attached hydrogens (tertiary/aromatic N) is 3. The van der Waals surface area contributed by atoms with Crippen molar-refractivity contribution in [2.75, 3.05) is 32.5 Å². The highest BCUT2D eigenvalue weighted by Crippen LogP contribution is 2.28. The number of hydrogen-bond acceptors (Lipinski definition) is 5. The SMILES string of the molecule is CN(C)CCNc1oc(-c2ccc(C(C)(C)C)cc2)nc1C#N. The quantitative estimate of drug-likeness (QED) is 0.915. The zero-order valence-electron chi connectivity index (χ0n) is 14.5. The van der Waals surface area contributed by atoms with Gasteiger partial charge in [0.1, 0.15) is 6.07 Å². The van der Waals surface area contributed by atoms with Crippen LogP contribution in [0.4, 0.5) is 5.88 Å². The Labute approximate surface area is 137 Å². The molecule has 1 aromatic carbocycles. The third kappa shape index (κ3) is 4.33. The molecule has 0 saturated heterocycles. The molecule has 0 aliphatic heterocycles. The minimum Gasteiger partial charge on any atom is -0.419 e. The summed E-state index contributed by atoms with van der Waals surface area (Å²) >= 11 is 0. The van der Waals surface area contributed by atoms with Gasteiger partial charge in [0.05, 0.1) is 0 Å². The van der Waals surface area contributed by atoms with Crippen LogP contribution in [0.3, 0.4) is 0 Å². The molecule has 5 nitrogen and oxygen atoms in total. The van der Waals surface area contributed by atoms with Crippen molar-refractivity contribution in [1.82, 2.24) is 9.88 Å². The lowest BCUT2D eigenvalue weighted by molar-refractivity contribution is 0.423. The Bertz CT molecular complexity index is 687. The molecule has 0 aliphatic rings. The van der Waals surface area contributed by atoms with Crippen molar-refractivity contribution in [3.8, 4) is 17.5 Å². The molecule has 1 aromatic heterocycles. The van der Waals surface area contributed by atoms with E-state index in [9.17, 15) is 5.26 Å². The Morgan fingerprint density at radius 3 is 2.39 bits per heavy atom. The molecular formula is C18H24N4O. The van der Waals surface area contributed by atoms with Gasteiger partial charge in [0.2, 0.25) is 17.5 Å². The highest BCUT2D eigenvalue weighted by atomic mass is 16.4. The van der Waals surface area contributed by atoms with E-state index in [1.807, 2.05) is 26.2 Å². The Kier molecular flexibility index (Phi) is 5.07. The number of nitrogens with one attached hydrogen (secondary N) is 1. The highest BCUT2D eigenvalue weighted by molar-refractivity contribution is 5.59. The molecular weight excluding hydrogens is 288 g/mol. The number of aromatic nitrogens is 1. The number of benzene rings is 1. The zero-order chi connectivity index (χ0) is 17.0. The van der Waals surface area contributed by atoms with E-state index in [1.54, 1.807) is 0 Å². The van der Waals surface area contributed by atoms with Crippen molar-refractivity contribution >= 4 is 5.88 Å². The van der Waals surface area contributed by atoms with Crippen molar-refractivity contribution < 1.29 is 4.42 Å². The van der Waals surface area contributed by atoms with Gasteiger partial charge in [-0.3, -0.25) is 0 Å². The fourth-order valence-corrected chi connectivity index (χ4v) is 2.15. The third-order valence-corrected chi connectivity index (χ3v) is 3.58. The van der Waals surface area contributed by atoms with Crippen LogP contribution in [-0.2, 0) is 5.41 Å². The van der Waals surface area contributed by atoms with E-state index in [1.165, 1.54) is 5.56 Å². The van der Waals surface area contributed by atoms with Crippen LogP contribution in [0.1, 0.15) is 32.0 Å². The molecule has 2 aromatic rings. The summed E-state index contributed by atoms with van der Waals surface area (Å²) in [6.45, 7) is 8.07. The largest absolute Gasteiger partial charge is 0.419 e. The Balaban J connectivity index is 2.20. The van der Waals surface area contributed by atoms with Gasteiger partial charge in [-0.2, -0.15) is 10.2 Å². The van der Waals surface area contributed by atoms with E-state index < -0.39 is 0 Å². The number of oxazole rings is 1. The minimum atomic E-state index is 0.103. The first-order chi connectivity index (χ1) is 10.8. The average molecular weight is 312 g/mol. The van der Waals surface area contributed by atoms with Crippen LogP contribution in [0.2, 0.25) is 0 Å². The van der Waals surface area contributed by atoms with Gasteiger partial charge < -0.3 is 14.6 Å². The first-order valence-corrected chi connectivity index (χ1v) is 7.71. The standard InChI is InChI=1S/C18H24N4O/c1-18(2,3)14-8-6-13(7-9-14)16-21-15(12-19)17(23-16)20-10-11-22(4)5/h6-9,20H,10-11H2,1-5H3. The second-order valence-electron chi connectivity index (χ2n) is 6.87. The number of likely N-dealkylation sites (N-methyl/N-ethyl adjacent to an activating group) is 1. The van der Waals surface area contributed by atoms with Crippen LogP contribution in [-0.4, -0.2) is 37.1 Å². The summed E-state index contributed by atoms with van der Waals surface area (Å²) in [5.74, 6) is 0.901. The van der Waals surface area contributed by atoms with Gasteiger partial charge in [-0.05, 0) is 37.2 Å². The molecule has 0 amide bonds. The molecule has 0 radical (unpaired) electrons. The van der Waals surface area contributed by atoms with E-state index in [0.717, 1.165) is 12.1 Å². The second-order valence-corrected chi connectivity index (χ2v) is 6.87. The maximum Gasteiger partial charge on any atom is 0.232 e. The molecule has 122 valence electrons. The second kappa shape index (κ2) is 6.84. The maximum absolute atomic E-state index is 9.22. The summed E-state index contributed by atoms with van der Waals surface area (Å²) in [5, 5.41) is 12.3. The van der Waals surface area contributed by atoms with Crippen LogP contribution in [0.5, 0.6) is 0 Å². The van der Waals surface area contributed by atoms with E-state index in [2.05, 4.69) is 54.2 Å². The molecule has 5 heteroatoms. The van der Waals surface area contributed by atoms with E-state index >= 15 is 0 Å². The first-order valence-electron chi connectivity index (χ1n) is 7.71. The van der Waals surface area contributed by atoms with Gasteiger partial charge in [0, 0.05) is 18.7 Å². The summed E-state index contributed by atoms with van der Waals surface area (Å²) in [4.78, 5) is 6.34. The Hall–Kier alpha value is -2.32. The van der Waals surface area contributed by atoms with Gasteiger partial charge in [-0.15, -0.1) is 0 Å². The molecule has 0 spiro atoms. The predicted octanol–water partition coefficient (Wildman–Crippen LogP) is 3.48. The molecule has 0 saturated carbocycles. The number of hydrogen-bond donors (Lipinski definition) is 1. The van der Waals surface area contributed by atoms with Crippen LogP contribution in [0, 0.1) is 11.3 Å². The maximum atomic E-state index is 9.22. The summed E-state index contributed by atoms with van der Waals surface area (Å²) in [6.07, 6.45) is 0. The fraction of sp³-hybridized carbons (Fsp3) is 0.444. The van der Waals surface area contributed by atoms with Crippen molar-refractivity contribution in [3.63, 3.8) is 0 Å². The van der Waals surface area contributed by atoms with Gasteiger partial charge in [0.25, 0.3) is 0 Å². The summed E-state index contributed by atoms with van der Waals surface area (Å²) in [5.41, 5.74) is 2.51. The van der Waals surface area contributed by atoms with E-state index in [-0.39, 0.29) is 5.41 Å². The number of anilines is 1. The summed E-state index contributed by atoms with van der Waals surface area (Å²) < 4.78 is 5.74. The lowest BCUT2D eigenvalue weighted by Crippen LogP contribution is -2.20. The van der Waals surface area contributed by atoms with Gasteiger partial charge in [-0.1, -0.05) is 32.9 Å². The number of nitriles is 1. The van der Waals surface area contributed by atoms with E-state index in [0.29, 0.717) is 24.0 Å². The topological polar surface area (TPSA) is 65.1 Å². The van der Waals surface area contributed by atoms with Crippen molar-refractivity contribution in [1.29, 1.82) is 5.26 Å². The third-order valence-electron chi connectivity index (χ3n) is 3.58. The molecule has 0 unspecified atom stereocenters.